The number of carbonyl (C=O) groups is 2. The third kappa shape index (κ3) is 8.55. The maximum Gasteiger partial charge on any atom is 0.264 e. The monoisotopic (exact) mass is 679 g/mol. The van der Waals surface area contributed by atoms with Crippen LogP contribution in [0.25, 0.3) is 0 Å². The van der Waals surface area contributed by atoms with E-state index >= 15 is 4.39 Å². The van der Waals surface area contributed by atoms with Gasteiger partial charge in [-0.15, -0.1) is 0 Å². The van der Waals surface area contributed by atoms with E-state index in [-0.39, 0.29) is 40.2 Å². The number of nitrogens with one attached hydrogen (secondary N) is 1. The highest BCUT2D eigenvalue weighted by molar-refractivity contribution is 7.92. The highest BCUT2D eigenvalue weighted by atomic mass is 35.5. The first kappa shape index (κ1) is 34.1. The number of halogens is 3. The van der Waals surface area contributed by atoms with Gasteiger partial charge in [0.15, 0.2) is 0 Å². The van der Waals surface area contributed by atoms with E-state index < -0.39 is 46.1 Å². The standard InChI is InChI=1S/C36H36ClF2N3O4S/c37-31-23-29(20-21-33(31)39)42(47(45,46)30-17-8-3-9-18-30)25-35(43)41(24-27-14-10-11-19-32(27)38)34(22-26-12-4-1-5-13-26)36(44)40-28-15-6-2-7-16-28/h1,3-5,8-14,17-21,23,28,34H,2,6-7,15-16,22,24-25H2,(H,40,44)/t34-/m0/s1. The van der Waals surface area contributed by atoms with Crippen molar-refractivity contribution < 1.29 is 26.8 Å². The lowest BCUT2D eigenvalue weighted by Gasteiger charge is -2.35. The van der Waals surface area contributed by atoms with Crippen molar-refractivity contribution in [1.29, 1.82) is 0 Å². The molecule has 0 saturated heterocycles. The van der Waals surface area contributed by atoms with Gasteiger partial charge < -0.3 is 10.2 Å². The molecule has 1 aliphatic carbocycles. The Balaban J connectivity index is 1.58. The first-order chi connectivity index (χ1) is 22.6. The smallest absolute Gasteiger partial charge is 0.264 e. The third-order valence-corrected chi connectivity index (χ3v) is 10.4. The first-order valence-corrected chi connectivity index (χ1v) is 17.4. The molecule has 11 heteroatoms. The van der Waals surface area contributed by atoms with E-state index in [0.29, 0.717) is 0 Å². The van der Waals surface area contributed by atoms with Crippen molar-refractivity contribution in [2.45, 2.75) is 62.0 Å². The maximum absolute atomic E-state index is 15.1. The van der Waals surface area contributed by atoms with Crippen molar-refractivity contribution in [2.24, 2.45) is 0 Å². The van der Waals surface area contributed by atoms with Gasteiger partial charge in [0.25, 0.3) is 10.0 Å². The largest absolute Gasteiger partial charge is 0.352 e. The van der Waals surface area contributed by atoms with Crippen LogP contribution in [0.2, 0.25) is 5.02 Å². The van der Waals surface area contributed by atoms with Crippen molar-refractivity contribution in [2.75, 3.05) is 10.8 Å². The second-order valence-corrected chi connectivity index (χ2v) is 13.9. The molecule has 4 aromatic rings. The molecule has 0 heterocycles. The Morgan fingerprint density at radius 1 is 0.830 bits per heavy atom. The molecular weight excluding hydrogens is 644 g/mol. The minimum absolute atomic E-state index is 0.0503. The number of benzene rings is 4. The molecule has 1 aliphatic rings. The van der Waals surface area contributed by atoms with E-state index in [1.165, 1.54) is 41.3 Å². The molecule has 0 unspecified atom stereocenters. The molecule has 246 valence electrons. The van der Waals surface area contributed by atoms with Crippen molar-refractivity contribution in [3.8, 4) is 0 Å². The number of rotatable bonds is 12. The highest BCUT2D eigenvalue weighted by Crippen LogP contribution is 2.29. The Labute approximate surface area is 279 Å². The predicted molar refractivity (Wildman–Crippen MR) is 178 cm³/mol. The number of hydrogen-bond acceptors (Lipinski definition) is 4. The first-order valence-electron chi connectivity index (χ1n) is 15.5. The topological polar surface area (TPSA) is 86.8 Å². The maximum atomic E-state index is 15.1. The number of hydrogen-bond donors (Lipinski definition) is 1. The van der Waals surface area contributed by atoms with Crippen molar-refractivity contribution in [1.82, 2.24) is 10.2 Å². The van der Waals surface area contributed by atoms with E-state index in [0.717, 1.165) is 54.1 Å². The van der Waals surface area contributed by atoms with E-state index in [1.54, 1.807) is 24.3 Å². The Hall–Kier alpha value is -4.28. The summed E-state index contributed by atoms with van der Waals surface area (Å²) in [5, 5.41) is 2.78. The summed E-state index contributed by atoms with van der Waals surface area (Å²) in [6.45, 7) is -1.07. The number of sulfonamides is 1. The Morgan fingerprint density at radius 3 is 2.13 bits per heavy atom. The molecular formula is C36H36ClF2N3O4S. The highest BCUT2D eigenvalue weighted by Gasteiger charge is 2.36. The van der Waals surface area contributed by atoms with Gasteiger partial charge in [-0.05, 0) is 54.8 Å². The van der Waals surface area contributed by atoms with E-state index in [1.807, 2.05) is 30.3 Å². The molecule has 1 fully saturated rings. The summed E-state index contributed by atoms with van der Waals surface area (Å²) < 4.78 is 58.2. The minimum Gasteiger partial charge on any atom is -0.352 e. The van der Waals surface area contributed by atoms with Crippen LogP contribution in [0.5, 0.6) is 0 Å². The SMILES string of the molecule is O=C(NC1CCCCC1)[C@H](Cc1ccccc1)N(Cc1ccccc1F)C(=O)CN(c1ccc(F)c(Cl)c1)S(=O)(=O)c1ccccc1. The zero-order valence-corrected chi connectivity index (χ0v) is 27.3. The van der Waals surface area contributed by atoms with Crippen LogP contribution in [0, 0.1) is 11.6 Å². The molecule has 4 aromatic carbocycles. The van der Waals surface area contributed by atoms with Crippen molar-refractivity contribution in [3.63, 3.8) is 0 Å². The van der Waals surface area contributed by atoms with Gasteiger partial charge in [0.2, 0.25) is 11.8 Å². The Kier molecular flexibility index (Phi) is 11.3. The van der Waals surface area contributed by atoms with Crippen LogP contribution in [0.1, 0.15) is 43.2 Å². The predicted octanol–water partition coefficient (Wildman–Crippen LogP) is 6.90. The van der Waals surface area contributed by atoms with Gasteiger partial charge >= 0.3 is 0 Å². The van der Waals surface area contributed by atoms with Gasteiger partial charge in [-0.25, -0.2) is 17.2 Å². The number of carbonyl (C=O) groups excluding carboxylic acids is 2. The zero-order valence-electron chi connectivity index (χ0n) is 25.7. The molecule has 1 atom stereocenters. The summed E-state index contributed by atoms with van der Waals surface area (Å²) in [6, 6.07) is 24.8. The molecule has 2 amide bonds. The molecule has 0 aliphatic heterocycles. The average Bonchev–Trinajstić information content (AvgIpc) is 3.08. The molecule has 0 radical (unpaired) electrons. The lowest BCUT2D eigenvalue weighted by Crippen LogP contribution is -2.55. The normalized spacial score (nSPS) is 14.3. The van der Waals surface area contributed by atoms with Crippen LogP contribution in [-0.4, -0.2) is 43.8 Å². The van der Waals surface area contributed by atoms with Crippen LogP contribution in [-0.2, 0) is 32.6 Å². The average molecular weight is 680 g/mol. The van der Waals surface area contributed by atoms with E-state index in [9.17, 15) is 22.4 Å². The Morgan fingerprint density at radius 2 is 1.47 bits per heavy atom. The van der Waals surface area contributed by atoms with Gasteiger partial charge in [0, 0.05) is 24.6 Å². The second kappa shape index (κ2) is 15.5. The fourth-order valence-corrected chi connectivity index (χ4v) is 7.40. The summed E-state index contributed by atoms with van der Waals surface area (Å²) in [6.07, 6.45) is 4.74. The fraction of sp³-hybridized carbons (Fsp3) is 0.278. The van der Waals surface area contributed by atoms with Crippen molar-refractivity contribution in [3.05, 3.63) is 131 Å². The summed E-state index contributed by atoms with van der Waals surface area (Å²) >= 11 is 6.07. The number of nitrogens with zero attached hydrogens (tertiary/aromatic N) is 2. The van der Waals surface area contributed by atoms with E-state index in [4.69, 9.17) is 11.6 Å². The molecule has 7 nitrogen and oxygen atoms in total. The molecule has 1 saturated carbocycles. The van der Waals surface area contributed by atoms with Gasteiger partial charge in [-0.2, -0.15) is 0 Å². The zero-order chi connectivity index (χ0) is 33.4. The van der Waals surface area contributed by atoms with Crippen LogP contribution in [0.3, 0.4) is 0 Å². The Bertz CT molecular complexity index is 1790. The fourth-order valence-electron chi connectivity index (χ4n) is 5.80. The summed E-state index contributed by atoms with van der Waals surface area (Å²) in [5.74, 6) is -2.50. The van der Waals surface area contributed by atoms with Gasteiger partial charge in [0.05, 0.1) is 15.6 Å². The molecule has 0 aromatic heterocycles. The molecule has 1 N–H and O–H groups in total. The van der Waals surface area contributed by atoms with Crippen LogP contribution in [0.15, 0.2) is 108 Å². The van der Waals surface area contributed by atoms with Gasteiger partial charge in [0.1, 0.15) is 24.2 Å². The third-order valence-electron chi connectivity index (χ3n) is 8.32. The van der Waals surface area contributed by atoms with Gasteiger partial charge in [-0.3, -0.25) is 13.9 Å². The summed E-state index contributed by atoms with van der Waals surface area (Å²) in [4.78, 5) is 29.7. The molecule has 0 bridgehead atoms. The lowest BCUT2D eigenvalue weighted by molar-refractivity contribution is -0.140. The molecule has 47 heavy (non-hydrogen) atoms. The summed E-state index contributed by atoms with van der Waals surface area (Å²) in [5.41, 5.74) is 0.874. The number of anilines is 1. The molecule has 5 rings (SSSR count). The minimum atomic E-state index is -4.39. The lowest BCUT2D eigenvalue weighted by atomic mass is 9.94. The second-order valence-electron chi connectivity index (χ2n) is 11.6. The number of amides is 2. The molecule has 0 spiro atoms. The summed E-state index contributed by atoms with van der Waals surface area (Å²) in [7, 11) is -4.39. The van der Waals surface area contributed by atoms with E-state index in [2.05, 4.69) is 5.32 Å². The van der Waals surface area contributed by atoms with Gasteiger partial charge in [-0.1, -0.05) is 97.6 Å². The van der Waals surface area contributed by atoms with Crippen molar-refractivity contribution >= 4 is 39.1 Å². The van der Waals surface area contributed by atoms with Crippen LogP contribution < -0.4 is 9.62 Å². The quantitative estimate of drug-likeness (QED) is 0.177. The van der Waals surface area contributed by atoms with Crippen LogP contribution in [0.4, 0.5) is 14.5 Å². The van der Waals surface area contributed by atoms with Crippen LogP contribution >= 0.6 is 11.6 Å².